The van der Waals surface area contributed by atoms with Crippen LogP contribution < -0.4 is 5.56 Å². The molecule has 1 aliphatic rings. The Bertz CT molecular complexity index is 1410. The van der Waals surface area contributed by atoms with Crippen LogP contribution in [0.3, 0.4) is 0 Å². The lowest BCUT2D eigenvalue weighted by molar-refractivity contribution is 0.137. The Labute approximate surface area is 173 Å². The first-order valence-electron chi connectivity index (χ1n) is 9.16. The lowest BCUT2D eigenvalue weighted by Crippen LogP contribution is -2.25. The summed E-state index contributed by atoms with van der Waals surface area (Å²) in [4.78, 5) is 22.0. The molecular weight excluding hydrogens is 412 g/mol. The molecule has 0 atom stereocenters. The highest BCUT2D eigenvalue weighted by molar-refractivity contribution is 6.32. The summed E-state index contributed by atoms with van der Waals surface area (Å²) < 4.78 is 13.4. The minimum absolute atomic E-state index is 0.0389. The van der Waals surface area contributed by atoms with Crippen LogP contribution in [-0.4, -0.2) is 42.9 Å². The minimum Gasteiger partial charge on any atom is -0.383 e. The standard InChI is InChI=1S/C19H15ClN6O4/c1-29-7-6-25-14-10(8-21)11(20)2-3-12(14)26-9-22-13(15(26)17(25)27)16-23-18(24-30-16)19(28)4-5-19/h2-3,9,28H,4-7H2,1H3. The quantitative estimate of drug-likeness (QED) is 0.511. The molecule has 1 fully saturated rings. The summed E-state index contributed by atoms with van der Waals surface area (Å²) in [6, 6.07) is 5.39. The maximum absolute atomic E-state index is 13.5. The lowest BCUT2D eigenvalue weighted by atomic mass is 10.1. The zero-order valence-electron chi connectivity index (χ0n) is 15.8. The molecule has 1 saturated carbocycles. The van der Waals surface area contributed by atoms with Crippen molar-refractivity contribution in [1.82, 2.24) is 24.1 Å². The Hall–Kier alpha value is -3.26. The second-order valence-corrected chi connectivity index (χ2v) is 7.53. The molecule has 1 aromatic carbocycles. The zero-order valence-corrected chi connectivity index (χ0v) is 16.5. The molecule has 152 valence electrons. The van der Waals surface area contributed by atoms with E-state index in [-0.39, 0.29) is 46.7 Å². The maximum atomic E-state index is 13.5. The van der Waals surface area contributed by atoms with Gasteiger partial charge in [-0.1, -0.05) is 16.8 Å². The topological polar surface area (TPSA) is 131 Å². The molecule has 1 N–H and O–H groups in total. The van der Waals surface area contributed by atoms with Crippen molar-refractivity contribution in [3.63, 3.8) is 0 Å². The number of hydrogen-bond donors (Lipinski definition) is 1. The minimum atomic E-state index is -1.07. The van der Waals surface area contributed by atoms with Crippen LogP contribution in [0.5, 0.6) is 0 Å². The second-order valence-electron chi connectivity index (χ2n) is 7.12. The highest BCUT2D eigenvalue weighted by Crippen LogP contribution is 2.44. The molecule has 30 heavy (non-hydrogen) atoms. The Morgan fingerprint density at radius 3 is 2.90 bits per heavy atom. The fourth-order valence-electron chi connectivity index (χ4n) is 3.50. The number of halogens is 1. The van der Waals surface area contributed by atoms with Crippen LogP contribution in [0.2, 0.25) is 5.02 Å². The molecule has 0 saturated heterocycles. The number of ether oxygens (including phenoxy) is 1. The molecule has 0 bridgehead atoms. The summed E-state index contributed by atoms with van der Waals surface area (Å²) in [5, 5.41) is 23.9. The molecular formula is C19H15ClN6O4. The smallest absolute Gasteiger partial charge is 0.279 e. The number of fused-ring (bicyclic) bond motifs is 3. The van der Waals surface area contributed by atoms with E-state index < -0.39 is 11.2 Å². The number of rotatable bonds is 5. The van der Waals surface area contributed by atoms with Gasteiger partial charge in [-0.15, -0.1) is 0 Å². The Morgan fingerprint density at radius 1 is 1.40 bits per heavy atom. The van der Waals surface area contributed by atoms with Gasteiger partial charge in [0.25, 0.3) is 11.4 Å². The summed E-state index contributed by atoms with van der Waals surface area (Å²) in [6.07, 6.45) is 2.57. The van der Waals surface area contributed by atoms with Gasteiger partial charge >= 0.3 is 0 Å². The van der Waals surface area contributed by atoms with Crippen LogP contribution in [0, 0.1) is 11.3 Å². The van der Waals surface area contributed by atoms with E-state index in [4.69, 9.17) is 20.9 Å². The van der Waals surface area contributed by atoms with Gasteiger partial charge in [0.1, 0.15) is 23.5 Å². The van der Waals surface area contributed by atoms with Crippen molar-refractivity contribution in [2.75, 3.05) is 13.7 Å². The molecule has 5 rings (SSSR count). The van der Waals surface area contributed by atoms with Crippen molar-refractivity contribution in [2.24, 2.45) is 0 Å². The fourth-order valence-corrected chi connectivity index (χ4v) is 3.69. The van der Waals surface area contributed by atoms with Gasteiger partial charge in [0.05, 0.1) is 28.2 Å². The zero-order chi connectivity index (χ0) is 21.0. The van der Waals surface area contributed by atoms with Gasteiger partial charge in [-0.2, -0.15) is 10.2 Å². The third kappa shape index (κ3) is 2.64. The van der Waals surface area contributed by atoms with Crippen molar-refractivity contribution in [3.8, 4) is 17.7 Å². The summed E-state index contributed by atoms with van der Waals surface area (Å²) in [6.45, 7) is 0.459. The highest BCUT2D eigenvalue weighted by atomic mass is 35.5. The number of aromatic nitrogens is 5. The van der Waals surface area contributed by atoms with E-state index in [1.807, 2.05) is 0 Å². The number of benzene rings is 1. The monoisotopic (exact) mass is 426 g/mol. The molecule has 0 amide bonds. The molecule has 0 spiro atoms. The van der Waals surface area contributed by atoms with Crippen molar-refractivity contribution >= 4 is 28.2 Å². The second kappa shape index (κ2) is 6.63. The van der Waals surface area contributed by atoms with E-state index in [1.165, 1.54) is 18.0 Å². The van der Waals surface area contributed by atoms with Gasteiger partial charge in [-0.05, 0) is 25.0 Å². The number of methoxy groups -OCH3 is 1. The molecule has 0 aliphatic heterocycles. The molecule has 4 aromatic rings. The molecule has 1 aliphatic carbocycles. The van der Waals surface area contributed by atoms with Crippen LogP contribution in [-0.2, 0) is 16.9 Å². The van der Waals surface area contributed by atoms with Crippen LogP contribution in [0.15, 0.2) is 27.8 Å². The van der Waals surface area contributed by atoms with Gasteiger partial charge in [-0.25, -0.2) is 4.98 Å². The molecule has 0 unspecified atom stereocenters. The predicted octanol–water partition coefficient (Wildman–Crippen LogP) is 1.85. The van der Waals surface area contributed by atoms with E-state index in [1.54, 1.807) is 16.5 Å². The highest BCUT2D eigenvalue weighted by Gasteiger charge is 2.47. The first-order valence-corrected chi connectivity index (χ1v) is 9.54. The van der Waals surface area contributed by atoms with Crippen molar-refractivity contribution in [3.05, 3.63) is 45.2 Å². The first-order chi connectivity index (χ1) is 14.5. The summed E-state index contributed by atoms with van der Waals surface area (Å²) in [7, 11) is 1.52. The van der Waals surface area contributed by atoms with Gasteiger partial charge in [0.15, 0.2) is 5.69 Å². The molecule has 11 heteroatoms. The van der Waals surface area contributed by atoms with Gasteiger partial charge in [-0.3, -0.25) is 9.20 Å². The van der Waals surface area contributed by atoms with Crippen LogP contribution in [0.1, 0.15) is 24.2 Å². The van der Waals surface area contributed by atoms with E-state index in [0.717, 1.165) is 0 Å². The van der Waals surface area contributed by atoms with Gasteiger partial charge in [0.2, 0.25) is 5.82 Å². The predicted molar refractivity (Wildman–Crippen MR) is 105 cm³/mol. The number of aliphatic hydroxyl groups is 1. The number of hydrogen-bond acceptors (Lipinski definition) is 8. The fraction of sp³-hybridized carbons (Fsp3) is 0.316. The van der Waals surface area contributed by atoms with E-state index in [9.17, 15) is 15.2 Å². The van der Waals surface area contributed by atoms with Crippen LogP contribution in [0.4, 0.5) is 0 Å². The normalized spacial score (nSPS) is 15.0. The molecule has 3 heterocycles. The van der Waals surface area contributed by atoms with Crippen molar-refractivity contribution in [2.45, 2.75) is 25.0 Å². The Kier molecular flexibility index (Phi) is 4.14. The van der Waals surface area contributed by atoms with E-state index >= 15 is 0 Å². The largest absolute Gasteiger partial charge is 0.383 e. The van der Waals surface area contributed by atoms with Gasteiger partial charge < -0.3 is 18.9 Å². The average Bonchev–Trinajstić information content (AvgIpc) is 3.15. The van der Waals surface area contributed by atoms with Gasteiger partial charge in [0, 0.05) is 13.7 Å². The third-order valence-corrected chi connectivity index (χ3v) is 5.56. The van der Waals surface area contributed by atoms with Crippen LogP contribution in [0.25, 0.3) is 28.1 Å². The Morgan fingerprint density at radius 2 is 2.20 bits per heavy atom. The van der Waals surface area contributed by atoms with Crippen molar-refractivity contribution in [1.29, 1.82) is 5.26 Å². The van der Waals surface area contributed by atoms with E-state index in [0.29, 0.717) is 23.9 Å². The lowest BCUT2D eigenvalue weighted by Gasteiger charge is -2.14. The number of nitriles is 1. The van der Waals surface area contributed by atoms with Crippen LogP contribution >= 0.6 is 11.6 Å². The summed E-state index contributed by atoms with van der Waals surface area (Å²) in [5.74, 6) is 0.217. The average molecular weight is 427 g/mol. The number of nitrogens with zero attached hydrogens (tertiary/aromatic N) is 6. The summed E-state index contributed by atoms with van der Waals surface area (Å²) >= 11 is 6.21. The maximum Gasteiger partial charge on any atom is 0.279 e. The van der Waals surface area contributed by atoms with E-state index in [2.05, 4.69) is 21.2 Å². The first kappa shape index (κ1) is 18.7. The molecule has 3 aromatic heterocycles. The SMILES string of the molecule is COCCn1c(=O)c2c(-c3nc(C4(O)CC4)no3)ncn2c2ccc(Cl)c(C#N)c21. The molecule has 10 nitrogen and oxygen atoms in total. The Balaban J connectivity index is 1.83. The van der Waals surface area contributed by atoms with Crippen molar-refractivity contribution < 1.29 is 14.4 Å². The molecule has 0 radical (unpaired) electrons. The third-order valence-electron chi connectivity index (χ3n) is 5.25. The summed E-state index contributed by atoms with van der Waals surface area (Å²) in [5.41, 5.74) is 0.0859. The number of imidazole rings is 1.